The average Bonchev–Trinajstić information content (AvgIpc) is 2.64. The molecule has 0 radical (unpaired) electrons. The minimum absolute atomic E-state index is 0. The molecule has 1 aromatic rings. The molecule has 0 bridgehead atoms. The molecule has 0 aliphatic rings. The number of benzene rings is 1. The van der Waals surface area contributed by atoms with E-state index in [0.29, 0.717) is 0 Å². The zero-order chi connectivity index (χ0) is 18.9. The van der Waals surface area contributed by atoms with Crippen LogP contribution in [0.3, 0.4) is 0 Å². The van der Waals surface area contributed by atoms with Gasteiger partial charge >= 0.3 is 0 Å². The Hall–Kier alpha value is -0.530. The van der Waals surface area contributed by atoms with Gasteiger partial charge in [0.25, 0.3) is 0 Å². The fourth-order valence-electron chi connectivity index (χ4n) is 3.92. The van der Waals surface area contributed by atoms with Crippen molar-refractivity contribution in [1.29, 1.82) is 0 Å². The third-order valence-electron chi connectivity index (χ3n) is 5.51. The Kier molecular flexibility index (Phi) is 18.4. The maximum Gasteiger partial charge on any atom is -0.00187 e. The molecule has 1 aromatic carbocycles. The molecule has 2 heteroatoms. The SMILES string of the molecule is CCCN(CCC)CCCCCCCCCCCCc1ccccc1C.Cl. The number of hydrogen-bond acceptors (Lipinski definition) is 1. The molecule has 0 aliphatic heterocycles. The predicted molar refractivity (Wildman–Crippen MR) is 125 cm³/mol. The lowest BCUT2D eigenvalue weighted by atomic mass is 10.0. The summed E-state index contributed by atoms with van der Waals surface area (Å²) in [6, 6.07) is 8.85. The van der Waals surface area contributed by atoms with Crippen molar-refractivity contribution in [3.63, 3.8) is 0 Å². The molecule has 0 atom stereocenters. The minimum Gasteiger partial charge on any atom is -0.303 e. The molecule has 158 valence electrons. The third-order valence-corrected chi connectivity index (χ3v) is 5.51. The fraction of sp³-hybridized carbons (Fsp3) is 0.760. The van der Waals surface area contributed by atoms with Crippen molar-refractivity contribution >= 4 is 12.4 Å². The third kappa shape index (κ3) is 14.2. The van der Waals surface area contributed by atoms with E-state index in [4.69, 9.17) is 0 Å². The second-order valence-electron chi connectivity index (χ2n) is 8.05. The van der Waals surface area contributed by atoms with E-state index in [0.717, 1.165) is 0 Å². The molecular formula is C25H46ClN. The van der Waals surface area contributed by atoms with Crippen LogP contribution in [0.1, 0.15) is 102 Å². The number of rotatable bonds is 17. The molecule has 0 unspecified atom stereocenters. The highest BCUT2D eigenvalue weighted by Gasteiger charge is 2.01. The summed E-state index contributed by atoms with van der Waals surface area (Å²) in [5.41, 5.74) is 3.00. The van der Waals surface area contributed by atoms with Gasteiger partial charge in [0, 0.05) is 0 Å². The molecule has 0 amide bonds. The highest BCUT2D eigenvalue weighted by molar-refractivity contribution is 5.85. The maximum atomic E-state index is 2.65. The average molecular weight is 396 g/mol. The van der Waals surface area contributed by atoms with Gasteiger partial charge in [0.15, 0.2) is 0 Å². The lowest BCUT2D eigenvalue weighted by Gasteiger charge is -2.20. The second-order valence-corrected chi connectivity index (χ2v) is 8.05. The topological polar surface area (TPSA) is 3.24 Å². The molecule has 0 saturated heterocycles. The Labute approximate surface area is 176 Å². The molecular weight excluding hydrogens is 350 g/mol. The zero-order valence-electron chi connectivity index (χ0n) is 18.5. The van der Waals surface area contributed by atoms with Gasteiger partial charge < -0.3 is 4.90 Å². The van der Waals surface area contributed by atoms with Crippen LogP contribution in [0.5, 0.6) is 0 Å². The van der Waals surface area contributed by atoms with Gasteiger partial charge in [-0.1, -0.05) is 89.5 Å². The summed E-state index contributed by atoms with van der Waals surface area (Å²) >= 11 is 0. The quantitative estimate of drug-likeness (QED) is 0.241. The first kappa shape index (κ1) is 26.5. The van der Waals surface area contributed by atoms with E-state index in [-0.39, 0.29) is 12.4 Å². The largest absolute Gasteiger partial charge is 0.303 e. The van der Waals surface area contributed by atoms with Crippen molar-refractivity contribution in [2.45, 2.75) is 104 Å². The van der Waals surface area contributed by atoms with Gasteiger partial charge in [0.05, 0.1) is 0 Å². The van der Waals surface area contributed by atoms with Crippen LogP contribution in [-0.4, -0.2) is 24.5 Å². The number of halogens is 1. The molecule has 1 nitrogen and oxygen atoms in total. The molecule has 0 spiro atoms. The van der Waals surface area contributed by atoms with Crippen molar-refractivity contribution in [2.75, 3.05) is 19.6 Å². The summed E-state index contributed by atoms with van der Waals surface area (Å²) in [4.78, 5) is 2.65. The van der Waals surface area contributed by atoms with E-state index < -0.39 is 0 Å². The molecule has 0 aliphatic carbocycles. The summed E-state index contributed by atoms with van der Waals surface area (Å²) < 4.78 is 0. The van der Waals surface area contributed by atoms with E-state index in [1.807, 2.05) is 0 Å². The van der Waals surface area contributed by atoms with Gasteiger partial charge in [0.2, 0.25) is 0 Å². The first-order chi connectivity index (χ1) is 12.8. The fourth-order valence-corrected chi connectivity index (χ4v) is 3.92. The summed E-state index contributed by atoms with van der Waals surface area (Å²) in [5.74, 6) is 0. The molecule has 27 heavy (non-hydrogen) atoms. The van der Waals surface area contributed by atoms with Crippen LogP contribution in [0.15, 0.2) is 24.3 Å². The van der Waals surface area contributed by atoms with Crippen LogP contribution < -0.4 is 0 Å². The Bertz CT molecular complexity index is 426. The van der Waals surface area contributed by atoms with Gasteiger partial charge in [-0.3, -0.25) is 0 Å². The van der Waals surface area contributed by atoms with Crippen LogP contribution in [-0.2, 0) is 6.42 Å². The standard InChI is InChI=1S/C25H45N.ClH/c1-4-21-26(22-5-2)23-17-13-11-9-7-6-8-10-12-14-19-25-20-16-15-18-24(25)3;/h15-16,18,20H,4-14,17,19,21-23H2,1-3H3;1H. The Morgan fingerprint density at radius 2 is 1.11 bits per heavy atom. The van der Waals surface area contributed by atoms with Crippen LogP contribution in [0.25, 0.3) is 0 Å². The molecule has 0 heterocycles. The van der Waals surface area contributed by atoms with Gasteiger partial charge in [-0.25, -0.2) is 0 Å². The highest BCUT2D eigenvalue weighted by Crippen LogP contribution is 2.14. The van der Waals surface area contributed by atoms with E-state index in [1.165, 1.54) is 109 Å². The monoisotopic (exact) mass is 395 g/mol. The van der Waals surface area contributed by atoms with Crippen LogP contribution in [0.4, 0.5) is 0 Å². The number of aryl methyl sites for hydroxylation is 2. The summed E-state index contributed by atoms with van der Waals surface area (Å²) in [6.45, 7) is 10.7. The van der Waals surface area contributed by atoms with Crippen molar-refractivity contribution in [3.8, 4) is 0 Å². The smallest absolute Gasteiger partial charge is 0.00187 e. The second kappa shape index (κ2) is 18.8. The molecule has 0 fully saturated rings. The lowest BCUT2D eigenvalue weighted by molar-refractivity contribution is 0.267. The maximum absolute atomic E-state index is 2.65. The Morgan fingerprint density at radius 3 is 1.63 bits per heavy atom. The van der Waals surface area contributed by atoms with E-state index in [9.17, 15) is 0 Å². The van der Waals surface area contributed by atoms with Gasteiger partial charge in [-0.2, -0.15) is 0 Å². The van der Waals surface area contributed by atoms with Crippen molar-refractivity contribution in [3.05, 3.63) is 35.4 Å². The number of unbranched alkanes of at least 4 members (excludes halogenated alkanes) is 9. The highest BCUT2D eigenvalue weighted by atomic mass is 35.5. The number of nitrogens with zero attached hydrogens (tertiary/aromatic N) is 1. The predicted octanol–water partition coefficient (Wildman–Crippen LogP) is 7.98. The number of hydrogen-bond donors (Lipinski definition) is 0. The molecule has 1 rings (SSSR count). The van der Waals surface area contributed by atoms with Crippen LogP contribution in [0.2, 0.25) is 0 Å². The normalized spacial score (nSPS) is 11.0. The van der Waals surface area contributed by atoms with E-state index in [2.05, 4.69) is 49.9 Å². The van der Waals surface area contributed by atoms with Crippen molar-refractivity contribution in [2.24, 2.45) is 0 Å². The summed E-state index contributed by atoms with van der Waals surface area (Å²) in [7, 11) is 0. The first-order valence-electron chi connectivity index (χ1n) is 11.5. The zero-order valence-corrected chi connectivity index (χ0v) is 19.3. The van der Waals surface area contributed by atoms with Gasteiger partial charge in [0.1, 0.15) is 0 Å². The van der Waals surface area contributed by atoms with Gasteiger partial charge in [-0.15, -0.1) is 12.4 Å². The molecule has 0 aromatic heterocycles. The van der Waals surface area contributed by atoms with Crippen LogP contribution in [0, 0.1) is 6.92 Å². The summed E-state index contributed by atoms with van der Waals surface area (Å²) in [5, 5.41) is 0. The Balaban J connectivity index is 0.00000676. The van der Waals surface area contributed by atoms with Crippen LogP contribution >= 0.6 is 12.4 Å². The molecule has 0 N–H and O–H groups in total. The first-order valence-corrected chi connectivity index (χ1v) is 11.5. The minimum atomic E-state index is 0. The van der Waals surface area contributed by atoms with Crippen molar-refractivity contribution in [1.82, 2.24) is 4.90 Å². The van der Waals surface area contributed by atoms with Gasteiger partial charge in [-0.05, 0) is 69.8 Å². The Morgan fingerprint density at radius 1 is 0.630 bits per heavy atom. The van der Waals surface area contributed by atoms with E-state index >= 15 is 0 Å². The van der Waals surface area contributed by atoms with Crippen molar-refractivity contribution < 1.29 is 0 Å². The van der Waals surface area contributed by atoms with E-state index in [1.54, 1.807) is 5.56 Å². The molecule has 0 saturated carbocycles. The lowest BCUT2D eigenvalue weighted by Crippen LogP contribution is -2.26. The summed E-state index contributed by atoms with van der Waals surface area (Å²) in [6.07, 6.45) is 18.1.